The summed E-state index contributed by atoms with van der Waals surface area (Å²) in [5.74, 6) is 0.494. The van der Waals surface area contributed by atoms with Gasteiger partial charge in [-0.25, -0.2) is 10.1 Å². The molecule has 0 saturated heterocycles. The van der Waals surface area contributed by atoms with Gasteiger partial charge in [-0.3, -0.25) is 9.59 Å². The number of aromatic amines is 2. The van der Waals surface area contributed by atoms with Crippen LogP contribution in [0.25, 0.3) is 33.1 Å². The fraction of sp³-hybridized carbons (Fsp3) is 0.0435. The molecule has 0 unspecified atom stereocenters. The van der Waals surface area contributed by atoms with Gasteiger partial charge in [-0.15, -0.1) is 0 Å². The van der Waals surface area contributed by atoms with Crippen LogP contribution in [0.1, 0.15) is 11.3 Å². The third-order valence-corrected chi connectivity index (χ3v) is 5.28. The largest absolute Gasteiger partial charge is 0.306 e. The van der Waals surface area contributed by atoms with Crippen LogP contribution in [0, 0.1) is 0 Å². The minimum absolute atomic E-state index is 0.197. The van der Waals surface area contributed by atoms with Gasteiger partial charge in [-0.05, 0) is 29.8 Å². The van der Waals surface area contributed by atoms with Crippen molar-refractivity contribution in [2.45, 2.75) is 6.42 Å². The Labute approximate surface area is 175 Å². The summed E-state index contributed by atoms with van der Waals surface area (Å²) in [5.41, 5.74) is 2.78. The van der Waals surface area contributed by atoms with Gasteiger partial charge in [0.15, 0.2) is 0 Å². The third kappa shape index (κ3) is 3.27. The molecule has 0 saturated carbocycles. The van der Waals surface area contributed by atoms with E-state index in [-0.39, 0.29) is 11.1 Å². The minimum Gasteiger partial charge on any atom is -0.306 e. The van der Waals surface area contributed by atoms with E-state index in [1.165, 1.54) is 0 Å². The van der Waals surface area contributed by atoms with Crippen LogP contribution in [0.15, 0.2) is 76.3 Å². The van der Waals surface area contributed by atoms with Crippen LogP contribution in [0.5, 0.6) is 0 Å². The zero-order valence-electron chi connectivity index (χ0n) is 15.6. The molecule has 2 aromatic heterocycles. The first kappa shape index (κ1) is 18.3. The smallest absolute Gasteiger partial charge is 0.272 e. The van der Waals surface area contributed by atoms with E-state index in [1.54, 1.807) is 24.3 Å². The maximum atomic E-state index is 12.4. The first-order chi connectivity index (χ1) is 14.6. The Morgan fingerprint density at radius 1 is 0.833 bits per heavy atom. The molecule has 30 heavy (non-hydrogen) atoms. The fourth-order valence-electron chi connectivity index (χ4n) is 3.53. The van der Waals surface area contributed by atoms with E-state index in [0.717, 1.165) is 22.2 Å². The Morgan fingerprint density at radius 3 is 2.40 bits per heavy atom. The number of nitrogens with one attached hydrogen (secondary N) is 2. The highest BCUT2D eigenvalue weighted by molar-refractivity contribution is 6.31. The van der Waals surface area contributed by atoms with E-state index in [1.807, 2.05) is 42.5 Å². The zero-order chi connectivity index (χ0) is 20.7. The summed E-state index contributed by atoms with van der Waals surface area (Å²) in [5, 5.41) is 9.20. The molecule has 0 amide bonds. The lowest BCUT2D eigenvalue weighted by Gasteiger charge is -2.07. The maximum absolute atomic E-state index is 12.4. The van der Waals surface area contributed by atoms with Crippen molar-refractivity contribution in [3.8, 4) is 11.4 Å². The van der Waals surface area contributed by atoms with Gasteiger partial charge in [0.1, 0.15) is 5.82 Å². The van der Waals surface area contributed by atoms with Crippen LogP contribution in [-0.4, -0.2) is 20.2 Å². The van der Waals surface area contributed by atoms with Crippen molar-refractivity contribution >= 4 is 33.3 Å². The van der Waals surface area contributed by atoms with Crippen molar-refractivity contribution in [1.82, 2.24) is 20.2 Å². The maximum Gasteiger partial charge on any atom is 0.272 e. The number of aromatic nitrogens is 4. The van der Waals surface area contributed by atoms with Gasteiger partial charge in [-0.1, -0.05) is 54.1 Å². The summed E-state index contributed by atoms with van der Waals surface area (Å²) in [6, 6.07) is 20.2. The first-order valence-corrected chi connectivity index (χ1v) is 9.71. The molecule has 0 bridgehead atoms. The van der Waals surface area contributed by atoms with E-state index < -0.39 is 0 Å². The molecule has 0 atom stereocenters. The summed E-state index contributed by atoms with van der Waals surface area (Å²) >= 11 is 5.97. The van der Waals surface area contributed by atoms with Gasteiger partial charge in [0.2, 0.25) is 0 Å². The molecule has 5 rings (SSSR count). The van der Waals surface area contributed by atoms with Crippen LogP contribution < -0.4 is 11.1 Å². The molecule has 5 aromatic rings. The number of H-pyrrole nitrogens is 2. The van der Waals surface area contributed by atoms with Gasteiger partial charge in [0, 0.05) is 22.4 Å². The average molecular weight is 415 g/mol. The van der Waals surface area contributed by atoms with Gasteiger partial charge in [0.25, 0.3) is 11.1 Å². The van der Waals surface area contributed by atoms with Crippen molar-refractivity contribution in [2.75, 3.05) is 0 Å². The molecule has 0 aliphatic carbocycles. The number of hydrogen-bond donors (Lipinski definition) is 2. The van der Waals surface area contributed by atoms with Gasteiger partial charge in [0.05, 0.1) is 22.0 Å². The van der Waals surface area contributed by atoms with Gasteiger partial charge in [-0.2, -0.15) is 5.10 Å². The monoisotopic (exact) mass is 414 g/mol. The molecule has 0 spiro atoms. The number of halogens is 1. The van der Waals surface area contributed by atoms with E-state index >= 15 is 0 Å². The summed E-state index contributed by atoms with van der Waals surface area (Å²) < 4.78 is 0. The van der Waals surface area contributed by atoms with Crippen molar-refractivity contribution in [2.24, 2.45) is 0 Å². The van der Waals surface area contributed by atoms with Crippen molar-refractivity contribution < 1.29 is 0 Å². The van der Waals surface area contributed by atoms with Crippen LogP contribution in [0.3, 0.4) is 0 Å². The van der Waals surface area contributed by atoms with E-state index in [2.05, 4.69) is 20.2 Å². The lowest BCUT2D eigenvalue weighted by atomic mass is 10.0. The van der Waals surface area contributed by atoms with Crippen LogP contribution in [0.2, 0.25) is 5.02 Å². The summed E-state index contributed by atoms with van der Waals surface area (Å²) in [7, 11) is 0. The third-order valence-electron chi connectivity index (χ3n) is 5.04. The molecule has 0 aliphatic rings. The summed E-state index contributed by atoms with van der Waals surface area (Å²) in [6.07, 6.45) is 0.567. The normalized spacial score (nSPS) is 11.2. The molecule has 7 heteroatoms. The lowest BCUT2D eigenvalue weighted by Crippen LogP contribution is -2.11. The number of nitrogens with zero attached hydrogens (tertiary/aromatic N) is 2. The van der Waals surface area contributed by atoms with Crippen LogP contribution in [0.4, 0.5) is 0 Å². The molecular formula is C23H15ClN4O2. The Kier molecular flexibility index (Phi) is 4.41. The molecular weight excluding hydrogens is 400 g/mol. The molecule has 3 aromatic carbocycles. The molecule has 0 aliphatic heterocycles. The van der Waals surface area contributed by atoms with Crippen LogP contribution >= 0.6 is 11.6 Å². The fourth-order valence-corrected chi connectivity index (χ4v) is 3.70. The number of hydrogen-bond acceptors (Lipinski definition) is 4. The molecule has 2 heterocycles. The highest BCUT2D eigenvalue weighted by atomic mass is 35.5. The molecule has 6 nitrogen and oxygen atoms in total. The predicted molar refractivity (Wildman–Crippen MR) is 118 cm³/mol. The SMILES string of the molecule is O=c1[nH]c(-c2ccc(Cc3n[nH]c(=O)c4ccccc34)cc2)nc2ccc(Cl)cc12. The highest BCUT2D eigenvalue weighted by Crippen LogP contribution is 2.21. The molecule has 2 N–H and O–H groups in total. The van der Waals surface area contributed by atoms with E-state index in [9.17, 15) is 9.59 Å². The Morgan fingerprint density at radius 2 is 1.60 bits per heavy atom. The second kappa shape index (κ2) is 7.24. The van der Waals surface area contributed by atoms with Crippen molar-refractivity contribution in [3.63, 3.8) is 0 Å². The Hall–Kier alpha value is -3.77. The second-order valence-corrected chi connectivity index (χ2v) is 7.43. The van der Waals surface area contributed by atoms with Crippen molar-refractivity contribution in [1.29, 1.82) is 0 Å². The number of rotatable bonds is 3. The van der Waals surface area contributed by atoms with Gasteiger partial charge < -0.3 is 4.98 Å². The summed E-state index contributed by atoms with van der Waals surface area (Å²) in [4.78, 5) is 31.7. The number of benzene rings is 3. The zero-order valence-corrected chi connectivity index (χ0v) is 16.4. The Bertz CT molecular complexity index is 1520. The number of fused-ring (bicyclic) bond motifs is 2. The molecule has 0 radical (unpaired) electrons. The first-order valence-electron chi connectivity index (χ1n) is 9.34. The highest BCUT2D eigenvalue weighted by Gasteiger charge is 2.09. The van der Waals surface area contributed by atoms with E-state index in [0.29, 0.717) is 33.6 Å². The summed E-state index contributed by atoms with van der Waals surface area (Å²) in [6.45, 7) is 0. The Balaban J connectivity index is 1.49. The van der Waals surface area contributed by atoms with Crippen molar-refractivity contribution in [3.05, 3.63) is 104 Å². The van der Waals surface area contributed by atoms with Gasteiger partial charge >= 0.3 is 0 Å². The lowest BCUT2D eigenvalue weighted by molar-refractivity contribution is 0.934. The minimum atomic E-state index is -0.231. The van der Waals surface area contributed by atoms with E-state index in [4.69, 9.17) is 11.6 Å². The standard InChI is InChI=1S/C23H15ClN4O2/c24-15-9-10-19-18(12-15)22(29)26-21(25-19)14-7-5-13(6-8-14)11-20-16-3-1-2-4-17(16)23(30)28-27-20/h1-10,12H,11H2,(H,28,30)(H,25,26,29). The predicted octanol–water partition coefficient (Wildman–Crippen LogP) is 4.07. The average Bonchev–Trinajstić information content (AvgIpc) is 2.77. The second-order valence-electron chi connectivity index (χ2n) is 6.99. The van der Waals surface area contributed by atoms with Crippen LogP contribution in [-0.2, 0) is 6.42 Å². The topological polar surface area (TPSA) is 91.5 Å². The molecule has 0 fully saturated rings. The quantitative estimate of drug-likeness (QED) is 0.465. The molecule has 146 valence electrons.